The van der Waals surface area contributed by atoms with Crippen molar-refractivity contribution in [3.63, 3.8) is 0 Å². The average Bonchev–Trinajstić information content (AvgIpc) is 2.86. The Hall–Kier alpha value is -2.43. The first-order valence-electron chi connectivity index (χ1n) is 9.10. The van der Waals surface area contributed by atoms with Crippen molar-refractivity contribution in [1.82, 2.24) is 15.3 Å². The predicted molar refractivity (Wildman–Crippen MR) is 100 cm³/mol. The van der Waals surface area contributed by atoms with Gasteiger partial charge in [-0.25, -0.2) is 9.97 Å². The number of benzene rings is 1. The van der Waals surface area contributed by atoms with E-state index >= 15 is 0 Å². The number of hydrogen-bond acceptors (Lipinski definition) is 4. The number of amides is 1. The van der Waals surface area contributed by atoms with Gasteiger partial charge in [0.15, 0.2) is 0 Å². The second kappa shape index (κ2) is 8.10. The van der Waals surface area contributed by atoms with Gasteiger partial charge in [0.05, 0.1) is 0 Å². The van der Waals surface area contributed by atoms with Crippen LogP contribution in [0.2, 0.25) is 0 Å². The Kier molecular flexibility index (Phi) is 5.64. The Morgan fingerprint density at radius 1 is 1.08 bits per heavy atom. The summed E-state index contributed by atoms with van der Waals surface area (Å²) in [5, 5.41) is 6.33. The van der Waals surface area contributed by atoms with E-state index in [1.165, 1.54) is 31.2 Å². The van der Waals surface area contributed by atoms with Crippen molar-refractivity contribution < 1.29 is 4.79 Å². The van der Waals surface area contributed by atoms with E-state index in [1.807, 2.05) is 19.1 Å². The number of carbonyl (C=O) groups excluding carboxylic acids is 1. The highest BCUT2D eigenvalue weighted by molar-refractivity contribution is 5.92. The lowest BCUT2D eigenvalue weighted by atomic mass is 10.1. The van der Waals surface area contributed by atoms with Gasteiger partial charge in [-0.05, 0) is 44.4 Å². The zero-order valence-electron chi connectivity index (χ0n) is 15.0. The van der Waals surface area contributed by atoms with Gasteiger partial charge in [0.25, 0.3) is 5.91 Å². The van der Waals surface area contributed by atoms with E-state index in [9.17, 15) is 4.79 Å². The maximum absolute atomic E-state index is 12.5. The van der Waals surface area contributed by atoms with Crippen molar-refractivity contribution >= 4 is 17.5 Å². The molecule has 0 bridgehead atoms. The van der Waals surface area contributed by atoms with Crippen molar-refractivity contribution in [2.45, 2.75) is 58.4 Å². The number of aromatic nitrogens is 2. The third kappa shape index (κ3) is 4.78. The van der Waals surface area contributed by atoms with Crippen LogP contribution in [0.25, 0.3) is 0 Å². The van der Waals surface area contributed by atoms with Crippen molar-refractivity contribution in [3.8, 4) is 0 Å². The molecule has 5 heteroatoms. The summed E-state index contributed by atoms with van der Waals surface area (Å²) in [5.41, 5.74) is 3.69. The molecule has 2 N–H and O–H groups in total. The minimum atomic E-state index is -0.113. The molecule has 0 radical (unpaired) electrons. The third-order valence-electron chi connectivity index (χ3n) is 4.71. The van der Waals surface area contributed by atoms with Gasteiger partial charge in [0, 0.05) is 17.9 Å². The minimum absolute atomic E-state index is 0.113. The summed E-state index contributed by atoms with van der Waals surface area (Å²) in [5.74, 6) is 0.332. The second-order valence-electron chi connectivity index (χ2n) is 6.87. The fourth-order valence-electron chi connectivity index (χ4n) is 3.30. The Morgan fingerprint density at radius 2 is 1.84 bits per heavy atom. The molecule has 1 aromatic heterocycles. The Morgan fingerprint density at radius 3 is 2.56 bits per heavy atom. The van der Waals surface area contributed by atoms with Gasteiger partial charge < -0.3 is 10.6 Å². The van der Waals surface area contributed by atoms with Crippen LogP contribution in [0.5, 0.6) is 0 Å². The molecule has 0 spiro atoms. The van der Waals surface area contributed by atoms with E-state index in [2.05, 4.69) is 33.6 Å². The topological polar surface area (TPSA) is 66.9 Å². The van der Waals surface area contributed by atoms with Gasteiger partial charge in [-0.3, -0.25) is 4.79 Å². The van der Waals surface area contributed by atoms with Crippen LogP contribution in [-0.4, -0.2) is 21.9 Å². The molecule has 1 fully saturated rings. The van der Waals surface area contributed by atoms with Crippen LogP contribution in [0.4, 0.5) is 11.6 Å². The minimum Gasteiger partial charge on any atom is -0.348 e. The van der Waals surface area contributed by atoms with E-state index < -0.39 is 0 Å². The molecule has 25 heavy (non-hydrogen) atoms. The predicted octanol–water partition coefficient (Wildman–Crippen LogP) is 4.29. The maximum atomic E-state index is 12.5. The number of anilines is 2. The zero-order chi connectivity index (χ0) is 17.6. The van der Waals surface area contributed by atoms with Gasteiger partial charge in [-0.2, -0.15) is 0 Å². The highest BCUT2D eigenvalue weighted by Gasteiger charge is 2.17. The average molecular weight is 338 g/mol. The molecule has 1 aliphatic carbocycles. The summed E-state index contributed by atoms with van der Waals surface area (Å²) in [6.45, 7) is 4.10. The summed E-state index contributed by atoms with van der Waals surface area (Å²) in [4.78, 5) is 21.1. The van der Waals surface area contributed by atoms with Crippen molar-refractivity contribution in [3.05, 3.63) is 47.3 Å². The lowest BCUT2D eigenvalue weighted by Gasteiger charge is -2.16. The fraction of sp³-hybridized carbons (Fsp3) is 0.450. The molecule has 1 aliphatic rings. The quantitative estimate of drug-likeness (QED) is 0.816. The third-order valence-corrected chi connectivity index (χ3v) is 4.71. The molecule has 1 saturated carbocycles. The first-order valence-corrected chi connectivity index (χ1v) is 9.10. The van der Waals surface area contributed by atoms with Crippen LogP contribution >= 0.6 is 0 Å². The molecule has 0 atom stereocenters. The molecular formula is C20H26N4O. The Labute approximate surface area is 149 Å². The largest absolute Gasteiger partial charge is 0.348 e. The molecule has 0 unspecified atom stereocenters. The maximum Gasteiger partial charge on any atom is 0.270 e. The molecule has 0 saturated heterocycles. The number of carbonyl (C=O) groups is 1. The van der Waals surface area contributed by atoms with Crippen molar-refractivity contribution in [2.24, 2.45) is 0 Å². The molecule has 0 aliphatic heterocycles. The Balaban J connectivity index is 1.68. The van der Waals surface area contributed by atoms with E-state index in [1.54, 1.807) is 12.3 Å². The molecule has 1 amide bonds. The second-order valence-corrected chi connectivity index (χ2v) is 6.87. The summed E-state index contributed by atoms with van der Waals surface area (Å²) in [6, 6.07) is 8.08. The van der Waals surface area contributed by atoms with Crippen LogP contribution in [0.3, 0.4) is 0 Å². The summed E-state index contributed by atoms with van der Waals surface area (Å²) < 4.78 is 0. The van der Waals surface area contributed by atoms with Gasteiger partial charge in [-0.1, -0.05) is 43.4 Å². The first-order chi connectivity index (χ1) is 12.1. The number of aryl methyl sites for hydroxylation is 2. The molecule has 1 heterocycles. The molecule has 2 aromatic rings. The standard InChI is InChI=1S/C20H26N4O/c1-14-9-10-17(15(2)13-14)23-20-21-12-11-18(24-20)19(25)22-16-7-5-3-4-6-8-16/h9-13,16H,3-8H2,1-2H3,(H,22,25)(H,21,23,24). The van der Waals surface area contributed by atoms with Crippen LogP contribution in [0.1, 0.15) is 60.1 Å². The van der Waals surface area contributed by atoms with Crippen LogP contribution in [0.15, 0.2) is 30.5 Å². The Bertz CT molecular complexity index is 736. The smallest absolute Gasteiger partial charge is 0.270 e. The fourth-order valence-corrected chi connectivity index (χ4v) is 3.30. The molecule has 132 valence electrons. The molecular weight excluding hydrogens is 312 g/mol. The van der Waals surface area contributed by atoms with Crippen LogP contribution in [-0.2, 0) is 0 Å². The summed E-state index contributed by atoms with van der Waals surface area (Å²) in [7, 11) is 0. The highest BCUT2D eigenvalue weighted by Crippen LogP contribution is 2.20. The molecule has 5 nitrogen and oxygen atoms in total. The molecule has 1 aromatic carbocycles. The van der Waals surface area contributed by atoms with Gasteiger partial charge >= 0.3 is 0 Å². The van der Waals surface area contributed by atoms with Gasteiger partial charge in [0.1, 0.15) is 5.69 Å². The monoisotopic (exact) mass is 338 g/mol. The summed E-state index contributed by atoms with van der Waals surface area (Å²) >= 11 is 0. The number of rotatable bonds is 4. The van der Waals surface area contributed by atoms with Crippen molar-refractivity contribution in [2.75, 3.05) is 5.32 Å². The number of nitrogens with one attached hydrogen (secondary N) is 2. The number of hydrogen-bond donors (Lipinski definition) is 2. The van der Waals surface area contributed by atoms with Gasteiger partial charge in [0.2, 0.25) is 5.95 Å². The van der Waals surface area contributed by atoms with E-state index in [4.69, 9.17) is 0 Å². The number of nitrogens with zero attached hydrogens (tertiary/aromatic N) is 2. The van der Waals surface area contributed by atoms with E-state index in [-0.39, 0.29) is 11.9 Å². The van der Waals surface area contributed by atoms with Crippen LogP contribution < -0.4 is 10.6 Å². The zero-order valence-corrected chi connectivity index (χ0v) is 15.0. The SMILES string of the molecule is Cc1ccc(Nc2nccc(C(=O)NC3CCCCCC3)n2)c(C)c1. The van der Waals surface area contributed by atoms with Crippen LogP contribution in [0, 0.1) is 13.8 Å². The van der Waals surface area contributed by atoms with E-state index in [0.717, 1.165) is 24.1 Å². The normalized spacial score (nSPS) is 15.4. The summed E-state index contributed by atoms with van der Waals surface area (Å²) in [6.07, 6.45) is 8.66. The van der Waals surface area contributed by atoms with Gasteiger partial charge in [-0.15, -0.1) is 0 Å². The highest BCUT2D eigenvalue weighted by atomic mass is 16.1. The van der Waals surface area contributed by atoms with Crippen molar-refractivity contribution in [1.29, 1.82) is 0 Å². The lowest BCUT2D eigenvalue weighted by molar-refractivity contribution is 0.0928. The lowest BCUT2D eigenvalue weighted by Crippen LogP contribution is -2.35. The molecule has 3 rings (SSSR count). The van der Waals surface area contributed by atoms with E-state index in [0.29, 0.717) is 11.6 Å². The first kappa shape index (κ1) is 17.4.